The molecule has 1 aliphatic heterocycles. The fraction of sp³-hybridized carbons (Fsp3) is 0.462. The number of nitrogens with zero attached hydrogens (tertiary/aromatic N) is 2. The van der Waals surface area contributed by atoms with Crippen LogP contribution in [-0.4, -0.2) is 55.6 Å². The molecule has 0 radical (unpaired) electrons. The zero-order chi connectivity index (χ0) is 24.1. The van der Waals surface area contributed by atoms with Gasteiger partial charge in [0.15, 0.2) is 0 Å². The van der Waals surface area contributed by atoms with Gasteiger partial charge in [0.2, 0.25) is 0 Å². The first-order valence-electron chi connectivity index (χ1n) is 11.8. The van der Waals surface area contributed by atoms with Crippen molar-refractivity contribution in [2.24, 2.45) is 0 Å². The lowest BCUT2D eigenvalue weighted by atomic mass is 9.95. The Hall–Kier alpha value is -2.68. The second-order valence-corrected chi connectivity index (χ2v) is 9.93. The number of aliphatic carboxylic acids is 1. The Morgan fingerprint density at radius 1 is 1.29 bits per heavy atom. The summed E-state index contributed by atoms with van der Waals surface area (Å²) in [7, 11) is 1.61. The number of methoxy groups -OCH3 is 1. The molecule has 8 heteroatoms. The maximum absolute atomic E-state index is 11.5. The number of carboxylic acids is 1. The third-order valence-corrected chi connectivity index (χ3v) is 7.27. The summed E-state index contributed by atoms with van der Waals surface area (Å²) in [6.45, 7) is 6.98. The summed E-state index contributed by atoms with van der Waals surface area (Å²) in [6, 6.07) is 12.9. The summed E-state index contributed by atoms with van der Waals surface area (Å²) in [5.41, 5.74) is 5.02. The van der Waals surface area contributed by atoms with E-state index in [1.165, 1.54) is 0 Å². The molecule has 2 heterocycles. The SMILES string of the molecule is CCN(c1ccc([C@@H](COC)CC(=O)O)cc1Nc1ccc2nc(C)sc2c1)C1CCOCC1. The van der Waals surface area contributed by atoms with Crippen molar-refractivity contribution in [2.45, 2.75) is 45.1 Å². The second kappa shape index (κ2) is 11.2. The number of carboxylic acid groups (broad SMARTS) is 1. The van der Waals surface area contributed by atoms with Crippen LogP contribution in [0.25, 0.3) is 10.2 Å². The van der Waals surface area contributed by atoms with Crippen LogP contribution in [0.5, 0.6) is 0 Å². The molecule has 1 aliphatic rings. The van der Waals surface area contributed by atoms with Gasteiger partial charge in [-0.2, -0.15) is 0 Å². The average Bonchev–Trinajstić information content (AvgIpc) is 3.20. The Morgan fingerprint density at radius 2 is 2.09 bits per heavy atom. The quantitative estimate of drug-likeness (QED) is 0.391. The minimum absolute atomic E-state index is 0.0240. The molecule has 0 unspecified atom stereocenters. The summed E-state index contributed by atoms with van der Waals surface area (Å²) in [4.78, 5) is 18.5. The first-order valence-corrected chi connectivity index (χ1v) is 12.6. The van der Waals surface area contributed by atoms with E-state index in [0.29, 0.717) is 12.6 Å². The van der Waals surface area contributed by atoms with Gasteiger partial charge in [0.25, 0.3) is 0 Å². The molecule has 1 saturated heterocycles. The van der Waals surface area contributed by atoms with Gasteiger partial charge in [0.1, 0.15) is 0 Å². The smallest absolute Gasteiger partial charge is 0.304 e. The summed E-state index contributed by atoms with van der Waals surface area (Å²) < 4.78 is 12.1. The summed E-state index contributed by atoms with van der Waals surface area (Å²) >= 11 is 1.68. The Balaban J connectivity index is 1.73. The number of anilines is 3. The van der Waals surface area contributed by atoms with Gasteiger partial charge in [-0.05, 0) is 62.6 Å². The summed E-state index contributed by atoms with van der Waals surface area (Å²) in [5, 5.41) is 14.1. The number of benzene rings is 2. The van der Waals surface area contributed by atoms with Gasteiger partial charge in [-0.1, -0.05) is 6.07 Å². The standard InChI is InChI=1S/C26H33N3O4S/c1-4-29(21-9-11-33-12-10-21)24-8-5-18(19(16-32-3)14-26(30)31)13-23(24)28-20-6-7-22-25(15-20)34-17(2)27-22/h5-8,13,15,19,21,28H,4,9-12,14,16H2,1-3H3,(H,30,31)/t19-/m1/s1. The number of carbonyl (C=O) groups is 1. The fourth-order valence-electron chi connectivity index (χ4n) is 4.74. The number of ether oxygens (including phenoxy) is 2. The van der Waals surface area contributed by atoms with Gasteiger partial charge in [0, 0.05) is 44.5 Å². The molecular weight excluding hydrogens is 450 g/mol. The maximum atomic E-state index is 11.5. The molecule has 0 spiro atoms. The van der Waals surface area contributed by atoms with E-state index in [4.69, 9.17) is 9.47 Å². The number of hydrogen-bond acceptors (Lipinski definition) is 7. The number of aromatic nitrogens is 1. The Labute approximate surface area is 204 Å². The van der Waals surface area contributed by atoms with Gasteiger partial charge in [-0.25, -0.2) is 4.98 Å². The fourth-order valence-corrected chi connectivity index (χ4v) is 5.60. The van der Waals surface area contributed by atoms with E-state index >= 15 is 0 Å². The van der Waals surface area contributed by atoms with E-state index < -0.39 is 5.97 Å². The third kappa shape index (κ3) is 5.68. The topological polar surface area (TPSA) is 83.9 Å². The summed E-state index contributed by atoms with van der Waals surface area (Å²) in [5.74, 6) is -1.05. The maximum Gasteiger partial charge on any atom is 0.304 e. The molecule has 7 nitrogen and oxygen atoms in total. The van der Waals surface area contributed by atoms with Crippen LogP contribution < -0.4 is 10.2 Å². The van der Waals surface area contributed by atoms with E-state index in [0.717, 1.165) is 70.5 Å². The number of hydrogen-bond donors (Lipinski definition) is 2. The highest BCUT2D eigenvalue weighted by Crippen LogP contribution is 2.36. The number of aryl methyl sites for hydroxylation is 1. The Morgan fingerprint density at radius 3 is 2.79 bits per heavy atom. The van der Waals surface area contributed by atoms with Crippen molar-refractivity contribution in [3.63, 3.8) is 0 Å². The van der Waals surface area contributed by atoms with Crippen LogP contribution in [0.2, 0.25) is 0 Å². The number of thiazole rings is 1. The van der Waals surface area contributed by atoms with Gasteiger partial charge >= 0.3 is 5.97 Å². The van der Waals surface area contributed by atoms with Crippen molar-refractivity contribution < 1.29 is 19.4 Å². The Kier molecular flexibility index (Phi) is 8.03. The highest BCUT2D eigenvalue weighted by molar-refractivity contribution is 7.18. The number of nitrogens with one attached hydrogen (secondary N) is 1. The van der Waals surface area contributed by atoms with E-state index in [1.807, 2.05) is 25.1 Å². The van der Waals surface area contributed by atoms with Crippen LogP contribution in [0.15, 0.2) is 36.4 Å². The summed E-state index contributed by atoms with van der Waals surface area (Å²) in [6.07, 6.45) is 2.01. The highest BCUT2D eigenvalue weighted by Gasteiger charge is 2.24. The largest absolute Gasteiger partial charge is 0.481 e. The first-order chi connectivity index (χ1) is 16.5. The van der Waals surface area contributed by atoms with Gasteiger partial charge in [0.05, 0.1) is 39.6 Å². The van der Waals surface area contributed by atoms with Crippen molar-refractivity contribution in [3.8, 4) is 0 Å². The van der Waals surface area contributed by atoms with Crippen molar-refractivity contribution in [1.82, 2.24) is 4.98 Å². The van der Waals surface area contributed by atoms with Crippen LogP contribution in [-0.2, 0) is 14.3 Å². The molecular formula is C26H33N3O4S. The molecule has 4 rings (SSSR count). The van der Waals surface area contributed by atoms with E-state index in [-0.39, 0.29) is 12.3 Å². The van der Waals surface area contributed by atoms with Gasteiger partial charge < -0.3 is 24.8 Å². The lowest BCUT2D eigenvalue weighted by Gasteiger charge is -2.37. The lowest BCUT2D eigenvalue weighted by molar-refractivity contribution is -0.137. The van der Waals surface area contributed by atoms with Crippen molar-refractivity contribution in [1.29, 1.82) is 0 Å². The number of fused-ring (bicyclic) bond motifs is 1. The van der Waals surface area contributed by atoms with Crippen LogP contribution in [0.3, 0.4) is 0 Å². The van der Waals surface area contributed by atoms with Crippen LogP contribution in [0.1, 0.15) is 42.7 Å². The molecule has 1 fully saturated rings. The molecule has 1 atom stereocenters. The van der Waals surface area contributed by atoms with Crippen LogP contribution in [0.4, 0.5) is 17.1 Å². The Bertz CT molecular complexity index is 1130. The molecule has 0 aliphatic carbocycles. The van der Waals surface area contributed by atoms with E-state index in [9.17, 15) is 9.90 Å². The van der Waals surface area contributed by atoms with Crippen molar-refractivity contribution >= 4 is 44.6 Å². The zero-order valence-corrected chi connectivity index (χ0v) is 20.9. The molecule has 3 aromatic rings. The molecule has 182 valence electrons. The minimum Gasteiger partial charge on any atom is -0.481 e. The first kappa shape index (κ1) is 24.4. The predicted octanol–water partition coefficient (Wildman–Crippen LogP) is 5.56. The average molecular weight is 484 g/mol. The minimum atomic E-state index is -0.830. The predicted molar refractivity (Wildman–Crippen MR) is 138 cm³/mol. The molecule has 0 saturated carbocycles. The molecule has 0 amide bonds. The second-order valence-electron chi connectivity index (χ2n) is 8.70. The molecule has 0 bridgehead atoms. The van der Waals surface area contributed by atoms with Crippen LogP contribution in [0, 0.1) is 6.92 Å². The molecule has 34 heavy (non-hydrogen) atoms. The van der Waals surface area contributed by atoms with Crippen LogP contribution >= 0.6 is 11.3 Å². The number of rotatable bonds is 10. The molecule has 2 aromatic carbocycles. The van der Waals surface area contributed by atoms with Crippen molar-refractivity contribution in [2.75, 3.05) is 43.7 Å². The van der Waals surface area contributed by atoms with E-state index in [2.05, 4.69) is 40.3 Å². The van der Waals surface area contributed by atoms with Crippen molar-refractivity contribution in [3.05, 3.63) is 47.0 Å². The normalized spacial score (nSPS) is 15.4. The van der Waals surface area contributed by atoms with Gasteiger partial charge in [-0.3, -0.25) is 4.79 Å². The third-order valence-electron chi connectivity index (χ3n) is 6.34. The van der Waals surface area contributed by atoms with E-state index in [1.54, 1.807) is 18.4 Å². The zero-order valence-electron chi connectivity index (χ0n) is 20.0. The highest BCUT2D eigenvalue weighted by atomic mass is 32.1. The van der Waals surface area contributed by atoms with Gasteiger partial charge in [-0.15, -0.1) is 11.3 Å². The molecule has 2 N–H and O–H groups in total. The lowest BCUT2D eigenvalue weighted by Crippen LogP contribution is -2.39. The monoisotopic (exact) mass is 483 g/mol. The molecule has 1 aromatic heterocycles.